The minimum absolute atomic E-state index is 0.0974. The van der Waals surface area contributed by atoms with Gasteiger partial charge in [0.05, 0.1) is 19.8 Å². The predicted octanol–water partition coefficient (Wildman–Crippen LogP) is 2.96. The molecule has 0 aliphatic carbocycles. The van der Waals surface area contributed by atoms with E-state index in [1.54, 1.807) is 0 Å². The van der Waals surface area contributed by atoms with Crippen LogP contribution in [0.15, 0.2) is 6.20 Å². The minimum atomic E-state index is -1.13. The van der Waals surface area contributed by atoms with E-state index >= 15 is 0 Å². The summed E-state index contributed by atoms with van der Waals surface area (Å²) in [6.07, 6.45) is 3.09. The maximum atomic E-state index is 6.40. The zero-order valence-electron chi connectivity index (χ0n) is 15.6. The van der Waals surface area contributed by atoms with Crippen molar-refractivity contribution in [2.24, 2.45) is 5.41 Å². The molecule has 1 aromatic heterocycles. The van der Waals surface area contributed by atoms with Crippen molar-refractivity contribution in [3.8, 4) is 0 Å². The van der Waals surface area contributed by atoms with Gasteiger partial charge in [-0.3, -0.25) is 4.90 Å². The van der Waals surface area contributed by atoms with E-state index in [9.17, 15) is 0 Å². The summed E-state index contributed by atoms with van der Waals surface area (Å²) in [5.74, 6) is 1.12. The Hall–Kier alpha value is -0.693. The molecule has 23 heavy (non-hydrogen) atoms. The lowest BCUT2D eigenvalue weighted by Crippen LogP contribution is -2.37. The first-order chi connectivity index (χ1) is 10.8. The van der Waals surface area contributed by atoms with Gasteiger partial charge in [0.25, 0.3) is 0 Å². The number of nitrogens with zero attached hydrogens (tertiary/aromatic N) is 3. The number of morpholine rings is 1. The normalized spacial score (nSPS) is 18.6. The summed E-state index contributed by atoms with van der Waals surface area (Å²) >= 11 is 0. The Morgan fingerprint density at radius 3 is 2.52 bits per heavy atom. The topological polar surface area (TPSA) is 39.5 Å². The van der Waals surface area contributed by atoms with Gasteiger partial charge in [-0.2, -0.15) is 0 Å². The standard InChI is InChI=1S/C17H33N3O2Si/c1-14-12-18-15(13-19-7-9-21-10-8-19)20(14)16(22-23(5)6)11-17(2,3)4/h12,16,23H,7-11,13H2,1-6H3. The van der Waals surface area contributed by atoms with Crippen molar-refractivity contribution in [1.82, 2.24) is 14.5 Å². The second-order valence-corrected chi connectivity index (χ2v) is 10.3. The van der Waals surface area contributed by atoms with Gasteiger partial charge < -0.3 is 13.7 Å². The minimum Gasteiger partial charge on any atom is -0.400 e. The summed E-state index contributed by atoms with van der Waals surface area (Å²) < 4.78 is 14.2. The number of aromatic nitrogens is 2. The van der Waals surface area contributed by atoms with E-state index in [4.69, 9.17) is 9.16 Å². The van der Waals surface area contributed by atoms with Gasteiger partial charge in [-0.05, 0) is 31.9 Å². The van der Waals surface area contributed by atoms with Crippen LogP contribution in [0.5, 0.6) is 0 Å². The average molecular weight is 340 g/mol. The molecule has 1 atom stereocenters. The van der Waals surface area contributed by atoms with Crippen LogP contribution in [0.1, 0.15) is 44.9 Å². The first kappa shape index (κ1) is 18.6. The number of rotatable bonds is 6. The van der Waals surface area contributed by atoms with E-state index < -0.39 is 9.04 Å². The molecular formula is C17H33N3O2Si. The largest absolute Gasteiger partial charge is 0.400 e. The molecule has 0 bridgehead atoms. The first-order valence-electron chi connectivity index (χ1n) is 8.74. The molecule has 2 heterocycles. The third-order valence-corrected chi connectivity index (χ3v) is 4.89. The van der Waals surface area contributed by atoms with Crippen molar-refractivity contribution in [3.63, 3.8) is 0 Å². The summed E-state index contributed by atoms with van der Waals surface area (Å²) in [6, 6.07) is 0. The van der Waals surface area contributed by atoms with Crippen LogP contribution in [0, 0.1) is 12.3 Å². The predicted molar refractivity (Wildman–Crippen MR) is 96.1 cm³/mol. The molecule has 6 heteroatoms. The molecule has 0 amide bonds. The van der Waals surface area contributed by atoms with Crippen molar-refractivity contribution in [3.05, 3.63) is 17.7 Å². The molecule has 2 rings (SSSR count). The molecule has 1 aliphatic heterocycles. The van der Waals surface area contributed by atoms with Crippen molar-refractivity contribution in [2.75, 3.05) is 26.3 Å². The summed E-state index contributed by atoms with van der Waals surface area (Å²) in [5.41, 5.74) is 1.41. The number of ether oxygens (including phenoxy) is 1. The van der Waals surface area contributed by atoms with E-state index in [2.05, 4.69) is 55.2 Å². The molecule has 0 N–H and O–H groups in total. The zero-order valence-corrected chi connectivity index (χ0v) is 16.8. The molecule has 1 unspecified atom stereocenters. The maximum Gasteiger partial charge on any atom is 0.173 e. The van der Waals surface area contributed by atoms with Crippen molar-refractivity contribution < 1.29 is 9.16 Å². The highest BCUT2D eigenvalue weighted by Crippen LogP contribution is 2.31. The van der Waals surface area contributed by atoms with Crippen LogP contribution >= 0.6 is 0 Å². The molecular weight excluding hydrogens is 306 g/mol. The van der Waals surface area contributed by atoms with Crippen LogP contribution in [-0.4, -0.2) is 49.8 Å². The Balaban J connectivity index is 2.21. The lowest BCUT2D eigenvalue weighted by molar-refractivity contribution is 0.0289. The second-order valence-electron chi connectivity index (χ2n) is 7.98. The number of imidazole rings is 1. The van der Waals surface area contributed by atoms with Crippen LogP contribution in [0.2, 0.25) is 13.1 Å². The van der Waals surface area contributed by atoms with E-state index in [0.29, 0.717) is 0 Å². The van der Waals surface area contributed by atoms with E-state index in [1.165, 1.54) is 5.69 Å². The molecule has 0 spiro atoms. The van der Waals surface area contributed by atoms with Crippen LogP contribution in [-0.2, 0) is 15.7 Å². The van der Waals surface area contributed by atoms with Crippen LogP contribution in [0.25, 0.3) is 0 Å². The highest BCUT2D eigenvalue weighted by Gasteiger charge is 2.26. The SMILES string of the molecule is Cc1cnc(CN2CCOCC2)n1C(CC(C)(C)C)O[SiH](C)C. The highest BCUT2D eigenvalue weighted by molar-refractivity contribution is 6.48. The van der Waals surface area contributed by atoms with Crippen molar-refractivity contribution in [1.29, 1.82) is 0 Å². The number of aryl methyl sites for hydroxylation is 1. The Labute approximate surface area is 142 Å². The molecule has 0 saturated carbocycles. The fraction of sp³-hybridized carbons (Fsp3) is 0.824. The lowest BCUT2D eigenvalue weighted by Gasteiger charge is -2.32. The van der Waals surface area contributed by atoms with Gasteiger partial charge in [0, 0.05) is 25.0 Å². The van der Waals surface area contributed by atoms with Gasteiger partial charge in [-0.1, -0.05) is 20.8 Å². The summed E-state index contributed by atoms with van der Waals surface area (Å²) in [5, 5.41) is 0. The fourth-order valence-corrected chi connectivity index (χ4v) is 3.85. The van der Waals surface area contributed by atoms with E-state index in [0.717, 1.165) is 45.1 Å². The van der Waals surface area contributed by atoms with Gasteiger partial charge in [-0.25, -0.2) is 4.98 Å². The Kier molecular flexibility index (Phi) is 6.42. The van der Waals surface area contributed by atoms with Gasteiger partial charge in [0.15, 0.2) is 9.04 Å². The van der Waals surface area contributed by atoms with E-state index in [-0.39, 0.29) is 11.6 Å². The molecule has 132 valence electrons. The smallest absolute Gasteiger partial charge is 0.173 e. The summed E-state index contributed by atoms with van der Waals surface area (Å²) in [7, 11) is -1.13. The third kappa shape index (κ3) is 5.71. The zero-order chi connectivity index (χ0) is 17.0. The summed E-state index contributed by atoms with van der Waals surface area (Å²) in [6.45, 7) is 17.9. The Bertz CT molecular complexity index is 491. The third-order valence-electron chi connectivity index (χ3n) is 4.03. The quantitative estimate of drug-likeness (QED) is 0.747. The van der Waals surface area contributed by atoms with Crippen LogP contribution < -0.4 is 0 Å². The molecule has 0 aromatic carbocycles. The first-order valence-corrected chi connectivity index (χ1v) is 11.5. The molecule has 1 aliphatic rings. The van der Waals surface area contributed by atoms with Crippen molar-refractivity contribution >= 4 is 9.04 Å². The van der Waals surface area contributed by atoms with Gasteiger partial charge >= 0.3 is 0 Å². The van der Waals surface area contributed by atoms with E-state index in [1.807, 2.05) is 6.20 Å². The second kappa shape index (κ2) is 7.92. The highest BCUT2D eigenvalue weighted by atomic mass is 28.3. The lowest BCUT2D eigenvalue weighted by atomic mass is 9.91. The Morgan fingerprint density at radius 1 is 1.30 bits per heavy atom. The molecule has 5 nitrogen and oxygen atoms in total. The molecule has 1 fully saturated rings. The fourth-order valence-electron chi connectivity index (χ4n) is 3.00. The van der Waals surface area contributed by atoms with Crippen LogP contribution in [0.3, 0.4) is 0 Å². The summed E-state index contributed by atoms with van der Waals surface area (Å²) in [4.78, 5) is 7.10. The Morgan fingerprint density at radius 2 is 1.96 bits per heavy atom. The van der Waals surface area contributed by atoms with Gasteiger partial charge in [-0.15, -0.1) is 0 Å². The molecule has 1 aromatic rings. The molecule has 0 radical (unpaired) electrons. The monoisotopic (exact) mass is 339 g/mol. The average Bonchev–Trinajstić information content (AvgIpc) is 2.78. The molecule has 1 saturated heterocycles. The van der Waals surface area contributed by atoms with Crippen LogP contribution in [0.4, 0.5) is 0 Å². The van der Waals surface area contributed by atoms with Gasteiger partial charge in [0.2, 0.25) is 0 Å². The maximum absolute atomic E-state index is 6.40. The number of hydrogen-bond acceptors (Lipinski definition) is 4. The van der Waals surface area contributed by atoms with Gasteiger partial charge in [0.1, 0.15) is 12.1 Å². The van der Waals surface area contributed by atoms with Crippen molar-refractivity contribution in [2.45, 2.75) is 60.0 Å². The number of hydrogen-bond donors (Lipinski definition) is 0.